The number of hydrogen-bond acceptors (Lipinski definition) is 1. The molecule has 1 aromatic carbocycles. The molecule has 0 aliphatic heterocycles. The maximum atomic E-state index is 3.94. The van der Waals surface area contributed by atoms with Gasteiger partial charge >= 0.3 is 0 Å². The van der Waals surface area contributed by atoms with Gasteiger partial charge < -0.3 is 5.32 Å². The monoisotopic (exact) mass is 271 g/mol. The summed E-state index contributed by atoms with van der Waals surface area (Å²) in [5.74, 6) is 1.46. The number of hydrogen-bond donors (Lipinski definition) is 1. The Bertz CT molecular complexity index is 469. The zero-order chi connectivity index (χ0) is 14.7. The highest BCUT2D eigenvalue weighted by molar-refractivity contribution is 5.55. The molecule has 0 aromatic heterocycles. The molecular weight excluding hydrogens is 242 g/mol. The summed E-state index contributed by atoms with van der Waals surface area (Å²) < 4.78 is 0. The molecule has 2 rings (SSSR count). The fourth-order valence-corrected chi connectivity index (χ4v) is 2.77. The quantitative estimate of drug-likeness (QED) is 0.764. The molecule has 1 N–H and O–H groups in total. The van der Waals surface area contributed by atoms with Crippen molar-refractivity contribution in [2.75, 3.05) is 0 Å². The summed E-state index contributed by atoms with van der Waals surface area (Å²) in [6.07, 6.45) is 6.09. The van der Waals surface area contributed by atoms with E-state index in [0.717, 1.165) is 12.5 Å². The van der Waals surface area contributed by atoms with E-state index in [0.29, 0.717) is 12.0 Å². The van der Waals surface area contributed by atoms with E-state index in [9.17, 15) is 0 Å². The Kier molecular flexibility index (Phi) is 5.04. The fourth-order valence-electron chi connectivity index (χ4n) is 2.77. The molecule has 0 amide bonds. The second kappa shape index (κ2) is 6.58. The molecule has 0 saturated heterocycles. The number of benzene rings is 1. The lowest BCUT2D eigenvalue weighted by Crippen LogP contribution is -2.31. The lowest BCUT2D eigenvalue weighted by atomic mass is 9.77. The Labute approximate surface area is 124 Å². The van der Waals surface area contributed by atoms with E-state index in [1.165, 1.54) is 36.0 Å². The maximum absolute atomic E-state index is 3.94. The van der Waals surface area contributed by atoms with Crippen molar-refractivity contribution in [1.29, 1.82) is 0 Å². The Morgan fingerprint density at radius 2 is 2.00 bits per heavy atom. The van der Waals surface area contributed by atoms with Gasteiger partial charge in [-0.15, -0.1) is 0 Å². The second-order valence-electron chi connectivity index (χ2n) is 6.65. The highest BCUT2D eigenvalue weighted by atomic mass is 14.9. The summed E-state index contributed by atoms with van der Waals surface area (Å²) in [5.41, 5.74) is 5.69. The molecular formula is C19H29N. The van der Waals surface area contributed by atoms with Crippen LogP contribution in [-0.2, 0) is 6.54 Å². The van der Waals surface area contributed by atoms with Crippen molar-refractivity contribution >= 4 is 6.08 Å². The van der Waals surface area contributed by atoms with E-state index in [2.05, 4.69) is 51.7 Å². The molecule has 20 heavy (non-hydrogen) atoms. The normalized spacial score (nSPS) is 17.1. The highest BCUT2D eigenvalue weighted by Crippen LogP contribution is 2.39. The number of rotatable bonds is 6. The van der Waals surface area contributed by atoms with E-state index in [-0.39, 0.29) is 0 Å². The van der Waals surface area contributed by atoms with Gasteiger partial charge in [-0.3, -0.25) is 0 Å². The number of aryl methyl sites for hydroxylation is 1. The predicted octanol–water partition coefficient (Wildman–Crippen LogP) is 5.04. The van der Waals surface area contributed by atoms with Crippen molar-refractivity contribution < 1.29 is 0 Å². The average Bonchev–Trinajstić information content (AvgIpc) is 2.35. The van der Waals surface area contributed by atoms with Crippen LogP contribution in [0.3, 0.4) is 0 Å². The van der Waals surface area contributed by atoms with Gasteiger partial charge in [0.2, 0.25) is 0 Å². The molecule has 1 aliphatic carbocycles. The third kappa shape index (κ3) is 3.32. The molecule has 1 fully saturated rings. The van der Waals surface area contributed by atoms with Gasteiger partial charge in [-0.05, 0) is 66.8 Å². The van der Waals surface area contributed by atoms with Crippen LogP contribution < -0.4 is 5.32 Å². The van der Waals surface area contributed by atoms with E-state index in [1.807, 2.05) is 6.08 Å². The summed E-state index contributed by atoms with van der Waals surface area (Å²) >= 11 is 0. The summed E-state index contributed by atoms with van der Waals surface area (Å²) in [6.45, 7) is 13.9. The van der Waals surface area contributed by atoms with Gasteiger partial charge in [0, 0.05) is 12.6 Å². The first-order chi connectivity index (χ1) is 9.52. The van der Waals surface area contributed by atoms with Crippen LogP contribution in [0.2, 0.25) is 0 Å². The highest BCUT2D eigenvalue weighted by Gasteiger charge is 2.23. The summed E-state index contributed by atoms with van der Waals surface area (Å²) in [5, 5.41) is 3.68. The van der Waals surface area contributed by atoms with Crippen LogP contribution in [0.15, 0.2) is 18.7 Å². The molecule has 1 heteroatoms. The molecule has 0 heterocycles. The standard InChI is InChI=1S/C19H29N/c1-6-16-11-18(12-20-15(5)13(2)3)19(10-14(16)4)17-8-7-9-17/h6,10-11,13,15,17,20H,1,7-9,12H2,2-5H3. The molecule has 1 aromatic rings. The summed E-state index contributed by atoms with van der Waals surface area (Å²) in [4.78, 5) is 0. The molecule has 1 atom stereocenters. The van der Waals surface area contributed by atoms with Gasteiger partial charge in [-0.1, -0.05) is 39.0 Å². The topological polar surface area (TPSA) is 12.0 Å². The van der Waals surface area contributed by atoms with Crippen molar-refractivity contribution in [2.24, 2.45) is 5.92 Å². The summed E-state index contributed by atoms with van der Waals surface area (Å²) in [6, 6.07) is 5.30. The number of nitrogens with one attached hydrogen (secondary N) is 1. The van der Waals surface area contributed by atoms with Crippen molar-refractivity contribution in [3.63, 3.8) is 0 Å². The van der Waals surface area contributed by atoms with Gasteiger partial charge in [0.05, 0.1) is 0 Å². The molecule has 1 aliphatic rings. The van der Waals surface area contributed by atoms with Crippen LogP contribution in [0.5, 0.6) is 0 Å². The van der Waals surface area contributed by atoms with Crippen LogP contribution in [-0.4, -0.2) is 6.04 Å². The Morgan fingerprint density at radius 3 is 2.50 bits per heavy atom. The fraction of sp³-hybridized carbons (Fsp3) is 0.579. The van der Waals surface area contributed by atoms with Crippen molar-refractivity contribution in [3.05, 3.63) is 41.0 Å². The minimum atomic E-state index is 0.553. The summed E-state index contributed by atoms with van der Waals surface area (Å²) in [7, 11) is 0. The Hall–Kier alpha value is -1.08. The van der Waals surface area contributed by atoms with Gasteiger partial charge in [-0.2, -0.15) is 0 Å². The third-order valence-corrected chi connectivity index (χ3v) is 4.91. The minimum Gasteiger partial charge on any atom is -0.310 e. The molecule has 1 nitrogen and oxygen atoms in total. The Balaban J connectivity index is 2.21. The van der Waals surface area contributed by atoms with Gasteiger partial charge in [0.25, 0.3) is 0 Å². The van der Waals surface area contributed by atoms with Gasteiger partial charge in [-0.25, -0.2) is 0 Å². The molecule has 110 valence electrons. The smallest absolute Gasteiger partial charge is 0.0211 e. The maximum Gasteiger partial charge on any atom is 0.0211 e. The molecule has 0 spiro atoms. The first-order valence-corrected chi connectivity index (χ1v) is 8.02. The van der Waals surface area contributed by atoms with E-state index in [4.69, 9.17) is 0 Å². The second-order valence-corrected chi connectivity index (χ2v) is 6.65. The van der Waals surface area contributed by atoms with Crippen LogP contribution in [0.1, 0.15) is 68.2 Å². The molecule has 1 unspecified atom stereocenters. The van der Waals surface area contributed by atoms with Crippen molar-refractivity contribution in [2.45, 2.75) is 65.5 Å². The van der Waals surface area contributed by atoms with E-state index in [1.54, 1.807) is 5.56 Å². The van der Waals surface area contributed by atoms with E-state index < -0.39 is 0 Å². The van der Waals surface area contributed by atoms with Gasteiger partial charge in [0.1, 0.15) is 0 Å². The molecule has 1 saturated carbocycles. The lowest BCUT2D eigenvalue weighted by Gasteiger charge is -2.29. The van der Waals surface area contributed by atoms with Crippen molar-refractivity contribution in [3.8, 4) is 0 Å². The van der Waals surface area contributed by atoms with Crippen LogP contribution in [0.4, 0.5) is 0 Å². The zero-order valence-electron chi connectivity index (χ0n) is 13.5. The largest absolute Gasteiger partial charge is 0.310 e. The van der Waals surface area contributed by atoms with Crippen molar-refractivity contribution in [1.82, 2.24) is 5.32 Å². The van der Waals surface area contributed by atoms with Crippen LogP contribution in [0.25, 0.3) is 6.08 Å². The van der Waals surface area contributed by atoms with E-state index >= 15 is 0 Å². The SMILES string of the molecule is C=Cc1cc(CNC(C)C(C)C)c(C2CCC2)cc1C. The lowest BCUT2D eigenvalue weighted by molar-refractivity contribution is 0.405. The van der Waals surface area contributed by atoms with Crippen LogP contribution >= 0.6 is 0 Å². The third-order valence-electron chi connectivity index (χ3n) is 4.91. The first kappa shape index (κ1) is 15.3. The molecule has 0 radical (unpaired) electrons. The molecule has 0 bridgehead atoms. The zero-order valence-corrected chi connectivity index (χ0v) is 13.5. The first-order valence-electron chi connectivity index (χ1n) is 8.02. The predicted molar refractivity (Wildman–Crippen MR) is 89.0 cm³/mol. The Morgan fingerprint density at radius 1 is 1.30 bits per heavy atom. The average molecular weight is 271 g/mol. The minimum absolute atomic E-state index is 0.553. The van der Waals surface area contributed by atoms with Crippen LogP contribution in [0, 0.1) is 12.8 Å². The van der Waals surface area contributed by atoms with Gasteiger partial charge in [0.15, 0.2) is 0 Å².